The molecule has 0 fully saturated rings. The van der Waals surface area contributed by atoms with E-state index in [4.69, 9.17) is 0 Å². The van der Waals surface area contributed by atoms with Gasteiger partial charge in [0.1, 0.15) is 0 Å². The third kappa shape index (κ3) is 7.18. The molecule has 2 rings (SSSR count). The molecule has 0 N–H and O–H groups in total. The van der Waals surface area contributed by atoms with Gasteiger partial charge in [-0.15, -0.1) is 11.4 Å². The zero-order valence-electron chi connectivity index (χ0n) is 10.2. The Bertz CT molecular complexity index is 419. The molecule has 0 unspecified atom stereocenters. The molecule has 0 aliphatic heterocycles. The van der Waals surface area contributed by atoms with E-state index in [9.17, 15) is 0 Å². The summed E-state index contributed by atoms with van der Waals surface area (Å²) >= 11 is 0. The van der Waals surface area contributed by atoms with Gasteiger partial charge in [0.25, 0.3) is 0 Å². The summed E-state index contributed by atoms with van der Waals surface area (Å²) in [5, 5.41) is 0. The van der Waals surface area contributed by atoms with Gasteiger partial charge in [-0.05, 0) is 6.42 Å². The molecule has 0 atom stereocenters. The molecule has 2 aromatic heterocycles. The Morgan fingerprint density at radius 1 is 0.895 bits per heavy atom. The zero-order valence-corrected chi connectivity index (χ0v) is 13.1. The molecule has 0 amide bonds. The van der Waals surface area contributed by atoms with Gasteiger partial charge < -0.3 is 22.4 Å². The predicted molar refractivity (Wildman–Crippen MR) is 69.1 cm³/mol. The minimum absolute atomic E-state index is 0. The third-order valence-electron chi connectivity index (χ3n) is 2.17. The summed E-state index contributed by atoms with van der Waals surface area (Å²) in [5.74, 6) is 0. The monoisotopic (exact) mass is 458 g/mol. The van der Waals surface area contributed by atoms with Crippen LogP contribution in [-0.2, 0) is 22.4 Å². The summed E-state index contributed by atoms with van der Waals surface area (Å²) in [6, 6.07) is 7.67. The molecule has 0 saturated carbocycles. The van der Waals surface area contributed by atoms with Crippen LogP contribution >= 0.6 is 0 Å². The molecule has 0 aromatic carbocycles. The largest absolute Gasteiger partial charge is 3.00 e. The maximum absolute atomic E-state index is 4.27. The first-order valence-electron chi connectivity index (χ1n) is 5.60. The van der Waals surface area contributed by atoms with Crippen molar-refractivity contribution in [3.8, 4) is 0 Å². The first-order chi connectivity index (χ1) is 8.45. The van der Waals surface area contributed by atoms with Gasteiger partial charge in [-0.2, -0.15) is 12.4 Å². The quantitative estimate of drug-likeness (QED) is 0.302. The Morgan fingerprint density at radius 3 is 1.74 bits per heavy atom. The van der Waals surface area contributed by atoms with Gasteiger partial charge in [0.05, 0.1) is 0 Å². The van der Waals surface area contributed by atoms with E-state index in [1.807, 2.05) is 24.3 Å². The molecule has 4 nitrogen and oxygen atoms in total. The SMILES string of the molecule is C(=NCCCN=Cc1ccc[n-]1)c1ccc[n-]1.[Au+3].[Cl-]. The number of hydrogen-bond acceptors (Lipinski definition) is 2. The fourth-order valence-electron chi connectivity index (χ4n) is 1.35. The average Bonchev–Trinajstić information content (AvgIpc) is 3.00. The summed E-state index contributed by atoms with van der Waals surface area (Å²) in [4.78, 5) is 16.7. The molecule has 19 heavy (non-hydrogen) atoms. The van der Waals surface area contributed by atoms with Crippen molar-refractivity contribution < 1.29 is 34.8 Å². The van der Waals surface area contributed by atoms with Gasteiger partial charge in [0.15, 0.2) is 0 Å². The second kappa shape index (κ2) is 10.8. The van der Waals surface area contributed by atoms with Crippen LogP contribution in [0.4, 0.5) is 0 Å². The van der Waals surface area contributed by atoms with Crippen LogP contribution < -0.4 is 22.4 Å². The van der Waals surface area contributed by atoms with E-state index in [0.717, 1.165) is 30.9 Å². The molecule has 0 radical (unpaired) electrons. The van der Waals surface area contributed by atoms with Crippen molar-refractivity contribution in [3.05, 3.63) is 48.0 Å². The number of aromatic nitrogens is 2. The first kappa shape index (κ1) is 17.9. The van der Waals surface area contributed by atoms with E-state index in [1.54, 1.807) is 24.8 Å². The van der Waals surface area contributed by atoms with Crippen LogP contribution in [-0.4, -0.2) is 25.5 Å². The van der Waals surface area contributed by atoms with Crippen molar-refractivity contribution in [1.82, 2.24) is 9.97 Å². The molecule has 0 saturated heterocycles. The zero-order chi connectivity index (χ0) is 11.8. The van der Waals surface area contributed by atoms with Gasteiger partial charge in [-0.3, -0.25) is 9.98 Å². The normalized spacial score (nSPS) is 10.5. The Morgan fingerprint density at radius 2 is 1.37 bits per heavy atom. The minimum Gasteiger partial charge on any atom is -1.00 e. The van der Waals surface area contributed by atoms with Crippen molar-refractivity contribution in [1.29, 1.82) is 0 Å². The summed E-state index contributed by atoms with van der Waals surface area (Å²) in [7, 11) is 0. The van der Waals surface area contributed by atoms with Crippen LogP contribution in [0.2, 0.25) is 0 Å². The van der Waals surface area contributed by atoms with E-state index >= 15 is 0 Å². The summed E-state index contributed by atoms with van der Waals surface area (Å²) in [6.45, 7) is 1.55. The van der Waals surface area contributed by atoms with E-state index in [2.05, 4.69) is 20.0 Å². The Labute approximate surface area is 134 Å². The van der Waals surface area contributed by atoms with E-state index in [0.29, 0.717) is 0 Å². The van der Waals surface area contributed by atoms with Crippen LogP contribution in [0.25, 0.3) is 0 Å². The van der Waals surface area contributed by atoms with Crippen LogP contribution in [0, 0.1) is 0 Å². The molecule has 104 valence electrons. The average molecular weight is 459 g/mol. The Kier molecular flexibility index (Phi) is 10.2. The van der Waals surface area contributed by atoms with Gasteiger partial charge in [0.2, 0.25) is 0 Å². The first-order valence-corrected chi connectivity index (χ1v) is 5.60. The molecule has 0 aliphatic carbocycles. The van der Waals surface area contributed by atoms with E-state index in [-0.39, 0.29) is 34.8 Å². The van der Waals surface area contributed by atoms with Crippen LogP contribution in [0.5, 0.6) is 0 Å². The maximum Gasteiger partial charge on any atom is 3.00 e. The molecule has 6 heteroatoms. The third-order valence-corrected chi connectivity index (χ3v) is 2.17. The number of hydrogen-bond donors (Lipinski definition) is 0. The molecular formula is C13H14AuClN4. The topological polar surface area (TPSA) is 52.9 Å². The molecule has 0 bridgehead atoms. The standard InChI is InChI=1S/C13H14N4.Au.ClH/c1-4-12(16-8-1)10-14-6-3-7-15-11-13-5-2-9-17-13;;/h1-2,4-5,8-11H,3,6-7H2;;1H/q-2;+3;/p-1. The molecule has 0 aliphatic rings. The van der Waals surface area contributed by atoms with Crippen LogP contribution in [0.1, 0.15) is 17.8 Å². The van der Waals surface area contributed by atoms with E-state index < -0.39 is 0 Å². The van der Waals surface area contributed by atoms with Crippen LogP contribution in [0.15, 0.2) is 46.6 Å². The van der Waals surface area contributed by atoms with Crippen molar-refractivity contribution >= 4 is 12.4 Å². The minimum atomic E-state index is 0. The number of rotatable bonds is 6. The molecular weight excluding hydrogens is 445 g/mol. The predicted octanol–water partition coefficient (Wildman–Crippen LogP) is -1.47. The summed E-state index contributed by atoms with van der Waals surface area (Å²) in [5.41, 5.74) is 1.82. The summed E-state index contributed by atoms with van der Waals surface area (Å²) < 4.78 is 0. The maximum atomic E-state index is 4.27. The van der Waals surface area contributed by atoms with Crippen molar-refractivity contribution in [2.24, 2.45) is 9.98 Å². The number of halogens is 1. The fraction of sp³-hybridized carbons (Fsp3) is 0.231. The van der Waals surface area contributed by atoms with Crippen molar-refractivity contribution in [3.63, 3.8) is 0 Å². The fourth-order valence-corrected chi connectivity index (χ4v) is 1.35. The van der Waals surface area contributed by atoms with Gasteiger partial charge >= 0.3 is 22.4 Å². The van der Waals surface area contributed by atoms with Gasteiger partial charge in [0, 0.05) is 25.5 Å². The molecule has 2 aromatic rings. The molecule has 2 heterocycles. The second-order valence-corrected chi connectivity index (χ2v) is 3.55. The Balaban J connectivity index is 0.00000162. The molecule has 0 spiro atoms. The van der Waals surface area contributed by atoms with Gasteiger partial charge in [-0.1, -0.05) is 24.3 Å². The van der Waals surface area contributed by atoms with E-state index in [1.165, 1.54) is 0 Å². The smallest absolute Gasteiger partial charge is 1.00 e. The summed E-state index contributed by atoms with van der Waals surface area (Å²) in [6.07, 6.45) is 8.05. The van der Waals surface area contributed by atoms with Crippen molar-refractivity contribution in [2.75, 3.05) is 13.1 Å². The number of aliphatic imine (C=N–C) groups is 2. The Hall–Kier alpha value is -1.07. The second-order valence-electron chi connectivity index (χ2n) is 3.55. The van der Waals surface area contributed by atoms with Crippen molar-refractivity contribution in [2.45, 2.75) is 6.42 Å². The number of nitrogens with zero attached hydrogens (tertiary/aromatic N) is 4. The van der Waals surface area contributed by atoms with Crippen LogP contribution in [0.3, 0.4) is 0 Å². The van der Waals surface area contributed by atoms with Gasteiger partial charge in [-0.25, -0.2) is 0 Å².